The predicted octanol–water partition coefficient (Wildman–Crippen LogP) is 1.07. The Bertz CT molecular complexity index is 644. The van der Waals surface area contributed by atoms with E-state index in [-0.39, 0.29) is 10.5 Å². The van der Waals surface area contributed by atoms with Crippen LogP contribution >= 0.6 is 0 Å². The zero-order chi connectivity index (χ0) is 13.5. The standard InChI is InChI=1S/C12H13NO4S/c1-13(2)6-8-7-18(16,17)11-9(8)4-3-5-10(11)12(14)15/h3-5,7H,6H2,1-2H3,(H,14,15). The summed E-state index contributed by atoms with van der Waals surface area (Å²) in [4.78, 5) is 12.8. The van der Waals surface area contributed by atoms with E-state index in [1.807, 2.05) is 19.0 Å². The molecule has 0 saturated carbocycles. The number of hydrogen-bond acceptors (Lipinski definition) is 4. The summed E-state index contributed by atoms with van der Waals surface area (Å²) in [6, 6.07) is 4.51. The second-order valence-electron chi connectivity index (χ2n) is 4.41. The van der Waals surface area contributed by atoms with Crippen LogP contribution in [0.2, 0.25) is 0 Å². The lowest BCUT2D eigenvalue weighted by atomic mass is 10.0. The minimum Gasteiger partial charge on any atom is -0.478 e. The van der Waals surface area contributed by atoms with Gasteiger partial charge in [0.25, 0.3) is 0 Å². The number of carbonyl (C=O) groups is 1. The molecule has 96 valence electrons. The number of fused-ring (bicyclic) bond motifs is 1. The molecule has 1 aliphatic rings. The lowest BCUT2D eigenvalue weighted by molar-refractivity contribution is 0.0692. The van der Waals surface area contributed by atoms with Crippen LogP contribution in [0.5, 0.6) is 0 Å². The maximum atomic E-state index is 12.0. The third kappa shape index (κ3) is 2.04. The molecule has 0 bridgehead atoms. The van der Waals surface area contributed by atoms with E-state index in [9.17, 15) is 13.2 Å². The number of carboxylic acids is 1. The summed E-state index contributed by atoms with van der Waals surface area (Å²) in [6.07, 6.45) is 0. The van der Waals surface area contributed by atoms with Crippen LogP contribution < -0.4 is 0 Å². The van der Waals surface area contributed by atoms with E-state index >= 15 is 0 Å². The van der Waals surface area contributed by atoms with Crippen LogP contribution in [0.15, 0.2) is 28.5 Å². The van der Waals surface area contributed by atoms with Gasteiger partial charge in [-0.3, -0.25) is 0 Å². The van der Waals surface area contributed by atoms with Gasteiger partial charge in [0.15, 0.2) is 0 Å². The number of sulfone groups is 1. The zero-order valence-electron chi connectivity index (χ0n) is 10.0. The monoisotopic (exact) mass is 267 g/mol. The lowest BCUT2D eigenvalue weighted by Crippen LogP contribution is -2.14. The van der Waals surface area contributed by atoms with E-state index in [0.29, 0.717) is 17.7 Å². The Labute approximate surface area is 105 Å². The zero-order valence-corrected chi connectivity index (χ0v) is 10.9. The Balaban J connectivity index is 2.66. The molecule has 2 rings (SSSR count). The van der Waals surface area contributed by atoms with Crippen LogP contribution in [0.25, 0.3) is 5.57 Å². The van der Waals surface area contributed by atoms with E-state index < -0.39 is 15.8 Å². The van der Waals surface area contributed by atoms with Crippen molar-refractivity contribution in [3.63, 3.8) is 0 Å². The van der Waals surface area contributed by atoms with E-state index in [1.54, 1.807) is 12.1 Å². The van der Waals surface area contributed by atoms with E-state index in [4.69, 9.17) is 5.11 Å². The lowest BCUT2D eigenvalue weighted by Gasteiger charge is -2.11. The fraction of sp³-hybridized carbons (Fsp3) is 0.250. The smallest absolute Gasteiger partial charge is 0.337 e. The molecule has 0 radical (unpaired) electrons. The van der Waals surface area contributed by atoms with Crippen molar-refractivity contribution >= 4 is 21.4 Å². The molecule has 6 heteroatoms. The Morgan fingerprint density at radius 1 is 1.33 bits per heavy atom. The quantitative estimate of drug-likeness (QED) is 0.886. The molecule has 0 fully saturated rings. The molecule has 0 aromatic heterocycles. The van der Waals surface area contributed by atoms with Crippen molar-refractivity contribution in [2.75, 3.05) is 20.6 Å². The molecule has 0 unspecified atom stereocenters. The number of nitrogens with zero attached hydrogens (tertiary/aromatic N) is 1. The molecular formula is C12H13NO4S. The van der Waals surface area contributed by atoms with E-state index in [0.717, 1.165) is 5.41 Å². The molecule has 18 heavy (non-hydrogen) atoms. The topological polar surface area (TPSA) is 74.7 Å². The summed E-state index contributed by atoms with van der Waals surface area (Å²) in [5, 5.41) is 10.2. The van der Waals surface area contributed by atoms with Crippen molar-refractivity contribution in [1.29, 1.82) is 0 Å². The minimum absolute atomic E-state index is 0.0886. The Morgan fingerprint density at radius 2 is 2.00 bits per heavy atom. The van der Waals surface area contributed by atoms with Gasteiger partial charge in [-0.2, -0.15) is 0 Å². The van der Waals surface area contributed by atoms with Crippen molar-refractivity contribution in [2.24, 2.45) is 0 Å². The first-order valence-electron chi connectivity index (χ1n) is 5.30. The maximum Gasteiger partial charge on any atom is 0.337 e. The highest BCUT2D eigenvalue weighted by Gasteiger charge is 2.31. The van der Waals surface area contributed by atoms with Gasteiger partial charge >= 0.3 is 5.97 Å². The summed E-state index contributed by atoms with van der Waals surface area (Å²) in [5.74, 6) is -1.23. The highest BCUT2D eigenvalue weighted by atomic mass is 32.2. The largest absolute Gasteiger partial charge is 0.478 e. The van der Waals surface area contributed by atoms with Crippen LogP contribution in [0.1, 0.15) is 15.9 Å². The third-order valence-corrected chi connectivity index (χ3v) is 4.26. The molecule has 0 amide bonds. The van der Waals surface area contributed by atoms with Gasteiger partial charge in [0.05, 0.1) is 10.5 Å². The van der Waals surface area contributed by atoms with Crippen LogP contribution in [0.3, 0.4) is 0 Å². The first-order chi connectivity index (χ1) is 8.33. The molecule has 0 aliphatic carbocycles. The SMILES string of the molecule is CN(C)CC1=CS(=O)(=O)c2c(C(=O)O)cccc21. The molecule has 5 nitrogen and oxygen atoms in total. The van der Waals surface area contributed by atoms with Crippen molar-refractivity contribution < 1.29 is 18.3 Å². The molecule has 1 N–H and O–H groups in total. The average Bonchev–Trinajstić information content (AvgIpc) is 2.50. The molecule has 1 heterocycles. The van der Waals surface area contributed by atoms with Gasteiger partial charge < -0.3 is 10.0 Å². The number of hydrogen-bond donors (Lipinski definition) is 1. The number of aromatic carboxylic acids is 1. The molecule has 0 saturated heterocycles. The molecule has 0 atom stereocenters. The van der Waals surface area contributed by atoms with Crippen molar-refractivity contribution in [2.45, 2.75) is 4.90 Å². The second kappa shape index (κ2) is 4.22. The van der Waals surface area contributed by atoms with Crippen LogP contribution in [-0.4, -0.2) is 45.0 Å². The molecule has 1 aromatic carbocycles. The van der Waals surface area contributed by atoms with Crippen LogP contribution in [0.4, 0.5) is 0 Å². The number of benzene rings is 1. The van der Waals surface area contributed by atoms with Crippen molar-refractivity contribution in [3.8, 4) is 0 Å². The van der Waals surface area contributed by atoms with E-state index in [1.165, 1.54) is 6.07 Å². The summed E-state index contributed by atoms with van der Waals surface area (Å²) in [6.45, 7) is 0.454. The van der Waals surface area contributed by atoms with Crippen molar-refractivity contribution in [3.05, 3.63) is 34.7 Å². The minimum atomic E-state index is -3.65. The molecular weight excluding hydrogens is 254 g/mol. The Kier molecular flexibility index (Phi) is 3.00. The van der Waals surface area contributed by atoms with Crippen molar-refractivity contribution in [1.82, 2.24) is 4.90 Å². The van der Waals surface area contributed by atoms with Gasteiger partial charge in [-0.05, 0) is 31.3 Å². The fourth-order valence-corrected chi connectivity index (χ4v) is 3.70. The first kappa shape index (κ1) is 12.8. The molecule has 0 spiro atoms. The highest BCUT2D eigenvalue weighted by Crippen LogP contribution is 2.35. The predicted molar refractivity (Wildman–Crippen MR) is 67.1 cm³/mol. The number of carboxylic acid groups (broad SMARTS) is 1. The molecule has 1 aromatic rings. The average molecular weight is 267 g/mol. The third-order valence-electron chi connectivity index (χ3n) is 2.66. The van der Waals surface area contributed by atoms with E-state index in [2.05, 4.69) is 0 Å². The highest BCUT2D eigenvalue weighted by molar-refractivity contribution is 7.95. The first-order valence-corrected chi connectivity index (χ1v) is 6.84. The van der Waals surface area contributed by atoms with Gasteiger partial charge in [0, 0.05) is 12.0 Å². The van der Waals surface area contributed by atoms with Gasteiger partial charge in [0.2, 0.25) is 9.84 Å². The summed E-state index contributed by atoms with van der Waals surface area (Å²) in [7, 11) is 0.00618. The number of rotatable bonds is 3. The van der Waals surface area contributed by atoms with Gasteiger partial charge in [-0.1, -0.05) is 12.1 Å². The summed E-state index contributed by atoms with van der Waals surface area (Å²) < 4.78 is 24.0. The number of likely N-dealkylation sites (N-methyl/N-ethyl adjacent to an activating group) is 1. The van der Waals surface area contributed by atoms with Gasteiger partial charge in [-0.15, -0.1) is 0 Å². The molecule has 1 aliphatic heterocycles. The van der Waals surface area contributed by atoms with Crippen LogP contribution in [-0.2, 0) is 9.84 Å². The summed E-state index contributed by atoms with van der Waals surface area (Å²) in [5.41, 5.74) is 0.944. The maximum absolute atomic E-state index is 12.0. The Hall–Kier alpha value is -1.66. The summed E-state index contributed by atoms with van der Waals surface area (Å²) >= 11 is 0. The normalized spacial score (nSPS) is 16.5. The van der Waals surface area contributed by atoms with Gasteiger partial charge in [0.1, 0.15) is 0 Å². The van der Waals surface area contributed by atoms with Gasteiger partial charge in [-0.25, -0.2) is 13.2 Å². The Morgan fingerprint density at radius 3 is 2.56 bits per heavy atom. The second-order valence-corrected chi connectivity index (χ2v) is 6.15. The van der Waals surface area contributed by atoms with Crippen LogP contribution in [0, 0.1) is 0 Å². The fourth-order valence-electron chi connectivity index (χ4n) is 2.04.